The van der Waals surface area contributed by atoms with Crippen molar-refractivity contribution in [2.24, 2.45) is 0 Å². The van der Waals surface area contributed by atoms with Crippen LogP contribution in [0.3, 0.4) is 0 Å². The Morgan fingerprint density at radius 2 is 1.62 bits per heavy atom. The largest absolute Gasteiger partial charge is 0.506 e. The van der Waals surface area contributed by atoms with Crippen LogP contribution in [0.15, 0.2) is 30.3 Å². The zero-order valence-corrected chi connectivity index (χ0v) is 13.4. The molecule has 0 unspecified atom stereocenters. The van der Waals surface area contributed by atoms with Crippen LogP contribution in [0.4, 0.5) is 0 Å². The maximum Gasteiger partial charge on any atom is 0.315 e. The fraction of sp³-hybridized carbons (Fsp3) is 0.0714. The minimum absolute atomic E-state index is 0.0312. The van der Waals surface area contributed by atoms with E-state index in [1.165, 1.54) is 24.3 Å². The zero-order chi connectivity index (χ0) is 15.6. The number of esters is 1. The maximum atomic E-state index is 11.9. The molecule has 110 valence electrons. The van der Waals surface area contributed by atoms with Gasteiger partial charge in [0.05, 0.1) is 26.5 Å². The van der Waals surface area contributed by atoms with Gasteiger partial charge in [-0.15, -0.1) is 0 Å². The lowest BCUT2D eigenvalue weighted by molar-refractivity contribution is -0.133. The highest BCUT2D eigenvalue weighted by Crippen LogP contribution is 2.34. The molecule has 2 rings (SSSR count). The van der Waals surface area contributed by atoms with Gasteiger partial charge in [-0.25, -0.2) is 0 Å². The van der Waals surface area contributed by atoms with Gasteiger partial charge >= 0.3 is 5.97 Å². The summed E-state index contributed by atoms with van der Waals surface area (Å²) in [5.41, 5.74) is 0.596. The molecule has 0 fully saturated rings. The first kappa shape index (κ1) is 16.2. The predicted octanol–water partition coefficient (Wildman–Crippen LogP) is 5.15. The first-order chi connectivity index (χ1) is 9.86. The lowest BCUT2D eigenvalue weighted by Crippen LogP contribution is -2.11. The van der Waals surface area contributed by atoms with Crippen molar-refractivity contribution in [2.75, 3.05) is 0 Å². The van der Waals surface area contributed by atoms with Crippen molar-refractivity contribution in [3.05, 3.63) is 56.0 Å². The molecular formula is C14H8Cl4O3. The third kappa shape index (κ3) is 4.17. The Bertz CT molecular complexity index is 701. The van der Waals surface area contributed by atoms with Gasteiger partial charge in [-0.2, -0.15) is 0 Å². The van der Waals surface area contributed by atoms with Crippen LogP contribution in [0, 0.1) is 0 Å². The van der Waals surface area contributed by atoms with E-state index in [1.807, 2.05) is 0 Å². The molecule has 2 aromatic carbocycles. The van der Waals surface area contributed by atoms with E-state index < -0.39 is 5.97 Å². The Kier molecular flexibility index (Phi) is 5.22. The molecule has 2 aromatic rings. The monoisotopic (exact) mass is 364 g/mol. The first-order valence-corrected chi connectivity index (χ1v) is 7.20. The summed E-state index contributed by atoms with van der Waals surface area (Å²) in [6.07, 6.45) is -0.0312. The third-order valence-electron chi connectivity index (χ3n) is 2.56. The summed E-state index contributed by atoms with van der Waals surface area (Å²) < 4.78 is 5.14. The molecule has 0 aliphatic heterocycles. The predicted molar refractivity (Wildman–Crippen MR) is 83.9 cm³/mol. The van der Waals surface area contributed by atoms with E-state index in [9.17, 15) is 9.90 Å². The van der Waals surface area contributed by atoms with E-state index in [2.05, 4.69) is 0 Å². The number of carbonyl (C=O) groups excluding carboxylic acids is 1. The second-order valence-corrected chi connectivity index (χ2v) is 5.76. The van der Waals surface area contributed by atoms with Crippen LogP contribution in [0.25, 0.3) is 0 Å². The van der Waals surface area contributed by atoms with E-state index in [0.717, 1.165) is 0 Å². The molecular weight excluding hydrogens is 358 g/mol. The molecule has 0 aromatic heterocycles. The Balaban J connectivity index is 2.11. The number of hydrogen-bond acceptors (Lipinski definition) is 3. The molecule has 0 radical (unpaired) electrons. The second-order valence-electron chi connectivity index (χ2n) is 4.13. The van der Waals surface area contributed by atoms with Gasteiger partial charge < -0.3 is 9.84 Å². The number of carbonyl (C=O) groups is 1. The van der Waals surface area contributed by atoms with E-state index in [1.54, 1.807) is 6.07 Å². The Hall–Kier alpha value is -1.13. The Morgan fingerprint density at radius 3 is 2.29 bits per heavy atom. The van der Waals surface area contributed by atoms with Crippen molar-refractivity contribution in [2.45, 2.75) is 6.42 Å². The quantitative estimate of drug-likeness (QED) is 0.464. The molecule has 7 heteroatoms. The molecule has 0 saturated carbocycles. The van der Waals surface area contributed by atoms with Gasteiger partial charge in [0.15, 0.2) is 5.75 Å². The Morgan fingerprint density at radius 1 is 0.952 bits per heavy atom. The molecule has 1 N–H and O–H groups in total. The average molecular weight is 366 g/mol. The number of hydrogen-bond donors (Lipinski definition) is 1. The van der Waals surface area contributed by atoms with E-state index in [0.29, 0.717) is 5.56 Å². The molecule has 0 amide bonds. The zero-order valence-electron chi connectivity index (χ0n) is 10.4. The van der Waals surface area contributed by atoms with E-state index in [4.69, 9.17) is 51.1 Å². The second kappa shape index (κ2) is 6.75. The number of benzene rings is 2. The highest BCUT2D eigenvalue weighted by molar-refractivity contribution is 6.43. The minimum atomic E-state index is -0.544. The van der Waals surface area contributed by atoms with Crippen LogP contribution in [0.2, 0.25) is 20.1 Å². The summed E-state index contributed by atoms with van der Waals surface area (Å²) in [5, 5.41) is 10.2. The van der Waals surface area contributed by atoms with Crippen LogP contribution in [0.1, 0.15) is 5.56 Å². The van der Waals surface area contributed by atoms with Crippen LogP contribution >= 0.6 is 46.4 Å². The summed E-state index contributed by atoms with van der Waals surface area (Å²) in [6, 6.07) is 7.21. The molecule has 0 atom stereocenters. The van der Waals surface area contributed by atoms with E-state index >= 15 is 0 Å². The van der Waals surface area contributed by atoms with E-state index in [-0.39, 0.29) is 38.0 Å². The molecule has 0 saturated heterocycles. The molecule has 0 aliphatic carbocycles. The number of phenols is 1. The lowest BCUT2D eigenvalue weighted by Gasteiger charge is -2.08. The van der Waals surface area contributed by atoms with Gasteiger partial charge in [0.1, 0.15) is 5.75 Å². The summed E-state index contributed by atoms with van der Waals surface area (Å²) in [7, 11) is 0. The molecule has 3 nitrogen and oxygen atoms in total. The molecule has 0 spiro atoms. The fourth-order valence-corrected chi connectivity index (χ4v) is 2.35. The van der Waals surface area contributed by atoms with Crippen molar-refractivity contribution >= 4 is 52.4 Å². The van der Waals surface area contributed by atoms with Crippen LogP contribution < -0.4 is 4.74 Å². The average Bonchev–Trinajstić information content (AvgIpc) is 2.40. The molecule has 0 bridgehead atoms. The van der Waals surface area contributed by atoms with Gasteiger partial charge in [0.2, 0.25) is 0 Å². The standard InChI is InChI=1S/C14H8Cl4O3/c15-8-5-11(18)13(6-9(8)16)21-14(20)4-7-1-2-12(19)10(17)3-7/h1-3,5-6,19H,4H2. The van der Waals surface area contributed by atoms with Gasteiger partial charge in [-0.3, -0.25) is 4.79 Å². The lowest BCUT2D eigenvalue weighted by atomic mass is 10.1. The van der Waals surface area contributed by atoms with Crippen molar-refractivity contribution in [3.63, 3.8) is 0 Å². The molecule has 0 heterocycles. The number of rotatable bonds is 3. The summed E-state index contributed by atoms with van der Waals surface area (Å²) in [6.45, 7) is 0. The van der Waals surface area contributed by atoms with Gasteiger partial charge in [0.25, 0.3) is 0 Å². The molecule has 21 heavy (non-hydrogen) atoms. The number of aromatic hydroxyl groups is 1. The smallest absolute Gasteiger partial charge is 0.315 e. The number of halogens is 4. The third-order valence-corrected chi connectivity index (χ3v) is 3.88. The summed E-state index contributed by atoms with van der Waals surface area (Å²) in [5.74, 6) is -0.473. The maximum absolute atomic E-state index is 11.9. The minimum Gasteiger partial charge on any atom is -0.506 e. The van der Waals surface area contributed by atoms with Crippen LogP contribution in [-0.4, -0.2) is 11.1 Å². The first-order valence-electron chi connectivity index (χ1n) is 5.69. The topological polar surface area (TPSA) is 46.5 Å². The van der Waals surface area contributed by atoms with Gasteiger partial charge in [-0.05, 0) is 23.8 Å². The van der Waals surface area contributed by atoms with Gasteiger partial charge in [0, 0.05) is 6.07 Å². The number of phenolic OH excluding ortho intramolecular Hbond substituents is 1. The van der Waals surface area contributed by atoms with Crippen molar-refractivity contribution in [1.29, 1.82) is 0 Å². The highest BCUT2D eigenvalue weighted by atomic mass is 35.5. The SMILES string of the molecule is O=C(Cc1ccc(O)c(Cl)c1)Oc1cc(Cl)c(Cl)cc1Cl. The van der Waals surface area contributed by atoms with Crippen molar-refractivity contribution in [1.82, 2.24) is 0 Å². The number of ether oxygens (including phenoxy) is 1. The van der Waals surface area contributed by atoms with Gasteiger partial charge in [-0.1, -0.05) is 52.5 Å². The summed E-state index contributed by atoms with van der Waals surface area (Å²) >= 11 is 23.3. The van der Waals surface area contributed by atoms with Crippen molar-refractivity contribution < 1.29 is 14.6 Å². The summed E-state index contributed by atoms with van der Waals surface area (Å²) in [4.78, 5) is 11.9. The van der Waals surface area contributed by atoms with Crippen LogP contribution in [0.5, 0.6) is 11.5 Å². The fourth-order valence-electron chi connectivity index (χ4n) is 1.57. The van der Waals surface area contributed by atoms with Crippen LogP contribution in [-0.2, 0) is 11.2 Å². The Labute approximate surface area is 141 Å². The normalized spacial score (nSPS) is 10.5. The highest BCUT2D eigenvalue weighted by Gasteiger charge is 2.13. The molecule has 0 aliphatic rings. The van der Waals surface area contributed by atoms with Crippen molar-refractivity contribution in [3.8, 4) is 11.5 Å².